The highest BCUT2D eigenvalue weighted by Gasteiger charge is 2.17. The summed E-state index contributed by atoms with van der Waals surface area (Å²) in [5.41, 5.74) is 2.54. The number of amides is 1. The van der Waals surface area contributed by atoms with E-state index < -0.39 is 0 Å². The Morgan fingerprint density at radius 1 is 1.22 bits per heavy atom. The average molecular weight is 384 g/mol. The fourth-order valence-electron chi connectivity index (χ4n) is 2.88. The SMILES string of the molecule is CC[C@H](NC(=O)Cc1nc(-c2ccc(F)cc2)cs1)c1ccccc1OC. The van der Waals surface area contributed by atoms with Crippen LogP contribution >= 0.6 is 11.3 Å². The topological polar surface area (TPSA) is 51.2 Å². The van der Waals surface area contributed by atoms with E-state index in [4.69, 9.17) is 4.74 Å². The maximum absolute atomic E-state index is 13.0. The molecule has 4 nitrogen and oxygen atoms in total. The summed E-state index contributed by atoms with van der Waals surface area (Å²) >= 11 is 1.42. The third-order valence-corrected chi connectivity index (χ3v) is 5.11. The number of hydrogen-bond acceptors (Lipinski definition) is 4. The third-order valence-electron chi connectivity index (χ3n) is 4.26. The Hall–Kier alpha value is -2.73. The zero-order valence-corrected chi connectivity index (χ0v) is 16.1. The number of methoxy groups -OCH3 is 1. The summed E-state index contributed by atoms with van der Waals surface area (Å²) in [4.78, 5) is 17.0. The van der Waals surface area contributed by atoms with Gasteiger partial charge in [-0.1, -0.05) is 25.1 Å². The first-order valence-corrected chi connectivity index (χ1v) is 9.61. The molecule has 3 aromatic rings. The summed E-state index contributed by atoms with van der Waals surface area (Å²) < 4.78 is 18.4. The second-order valence-electron chi connectivity index (χ2n) is 6.08. The van der Waals surface area contributed by atoms with E-state index in [1.165, 1.54) is 23.5 Å². The molecule has 27 heavy (non-hydrogen) atoms. The highest BCUT2D eigenvalue weighted by molar-refractivity contribution is 7.10. The molecule has 0 bridgehead atoms. The van der Waals surface area contributed by atoms with Gasteiger partial charge in [0.15, 0.2) is 0 Å². The Morgan fingerprint density at radius 2 is 1.96 bits per heavy atom. The van der Waals surface area contributed by atoms with Crippen LogP contribution in [-0.2, 0) is 11.2 Å². The number of benzene rings is 2. The smallest absolute Gasteiger partial charge is 0.227 e. The van der Waals surface area contributed by atoms with E-state index in [1.807, 2.05) is 36.6 Å². The Labute approximate surface area is 162 Å². The predicted octanol–water partition coefficient (Wildman–Crippen LogP) is 4.77. The molecule has 0 saturated heterocycles. The molecule has 1 amide bonds. The van der Waals surface area contributed by atoms with Crippen LogP contribution in [0.15, 0.2) is 53.9 Å². The molecule has 0 saturated carbocycles. The highest BCUT2D eigenvalue weighted by Crippen LogP contribution is 2.27. The summed E-state index contributed by atoms with van der Waals surface area (Å²) in [6.07, 6.45) is 0.961. The van der Waals surface area contributed by atoms with E-state index in [9.17, 15) is 9.18 Å². The molecular formula is C21H21FN2O2S. The Morgan fingerprint density at radius 3 is 2.67 bits per heavy atom. The minimum atomic E-state index is -0.282. The van der Waals surface area contributed by atoms with Gasteiger partial charge in [-0.2, -0.15) is 0 Å². The van der Waals surface area contributed by atoms with Crippen molar-refractivity contribution in [1.82, 2.24) is 10.3 Å². The number of hydrogen-bond donors (Lipinski definition) is 1. The lowest BCUT2D eigenvalue weighted by Gasteiger charge is -2.19. The summed E-state index contributed by atoms with van der Waals surface area (Å²) in [5.74, 6) is 0.390. The summed E-state index contributed by atoms with van der Waals surface area (Å²) in [5, 5.41) is 5.67. The first kappa shape index (κ1) is 19.0. The van der Waals surface area contributed by atoms with Crippen LogP contribution in [0.25, 0.3) is 11.3 Å². The van der Waals surface area contributed by atoms with Gasteiger partial charge in [-0.25, -0.2) is 9.37 Å². The first-order chi connectivity index (χ1) is 13.1. The number of para-hydroxylation sites is 1. The van der Waals surface area contributed by atoms with Crippen molar-refractivity contribution in [3.63, 3.8) is 0 Å². The largest absolute Gasteiger partial charge is 0.496 e. The standard InChI is InChI=1S/C21H21FN2O2S/c1-3-17(16-6-4-5-7-19(16)26-2)23-20(25)12-21-24-18(13-27-21)14-8-10-15(22)11-9-14/h4-11,13,17H,3,12H2,1-2H3,(H,23,25)/t17-/m0/s1. The van der Waals surface area contributed by atoms with E-state index in [0.717, 1.165) is 34.0 Å². The van der Waals surface area contributed by atoms with Crippen LogP contribution in [0.4, 0.5) is 4.39 Å². The lowest BCUT2D eigenvalue weighted by atomic mass is 10.0. The minimum Gasteiger partial charge on any atom is -0.496 e. The van der Waals surface area contributed by atoms with Gasteiger partial charge in [0.2, 0.25) is 5.91 Å². The van der Waals surface area contributed by atoms with Crippen LogP contribution in [0.5, 0.6) is 5.75 Å². The molecule has 0 unspecified atom stereocenters. The molecule has 0 aliphatic heterocycles. The van der Waals surface area contributed by atoms with Crippen LogP contribution in [0.2, 0.25) is 0 Å². The van der Waals surface area contributed by atoms with E-state index in [0.29, 0.717) is 0 Å². The average Bonchev–Trinajstić information content (AvgIpc) is 3.15. The lowest BCUT2D eigenvalue weighted by Crippen LogP contribution is -2.29. The molecule has 1 atom stereocenters. The first-order valence-electron chi connectivity index (χ1n) is 8.73. The van der Waals surface area contributed by atoms with Crippen molar-refractivity contribution in [1.29, 1.82) is 0 Å². The lowest BCUT2D eigenvalue weighted by molar-refractivity contribution is -0.121. The second-order valence-corrected chi connectivity index (χ2v) is 7.02. The number of nitrogens with zero attached hydrogens (tertiary/aromatic N) is 1. The molecule has 6 heteroatoms. The molecule has 140 valence electrons. The van der Waals surface area contributed by atoms with Gasteiger partial charge in [0, 0.05) is 16.5 Å². The van der Waals surface area contributed by atoms with Crippen LogP contribution < -0.4 is 10.1 Å². The van der Waals surface area contributed by atoms with Crippen LogP contribution in [0.3, 0.4) is 0 Å². The van der Waals surface area contributed by atoms with Gasteiger partial charge in [0.25, 0.3) is 0 Å². The Balaban J connectivity index is 1.67. The molecule has 1 heterocycles. The van der Waals surface area contributed by atoms with Crippen LogP contribution in [0, 0.1) is 5.82 Å². The van der Waals surface area contributed by atoms with Gasteiger partial charge in [0.05, 0.1) is 25.3 Å². The minimum absolute atomic E-state index is 0.0900. The van der Waals surface area contributed by atoms with Crippen molar-refractivity contribution in [3.05, 3.63) is 70.3 Å². The number of rotatable bonds is 7. The van der Waals surface area contributed by atoms with Gasteiger partial charge in [-0.3, -0.25) is 4.79 Å². The quantitative estimate of drug-likeness (QED) is 0.638. The number of thiazole rings is 1. The molecule has 2 aromatic carbocycles. The monoisotopic (exact) mass is 384 g/mol. The molecule has 3 rings (SSSR count). The van der Waals surface area contributed by atoms with Crippen molar-refractivity contribution < 1.29 is 13.9 Å². The van der Waals surface area contributed by atoms with E-state index in [-0.39, 0.29) is 24.2 Å². The van der Waals surface area contributed by atoms with Crippen molar-refractivity contribution in [3.8, 4) is 17.0 Å². The fourth-order valence-corrected chi connectivity index (χ4v) is 3.68. The fraction of sp³-hybridized carbons (Fsp3) is 0.238. The van der Waals surface area contributed by atoms with Crippen molar-refractivity contribution in [2.75, 3.05) is 7.11 Å². The van der Waals surface area contributed by atoms with Gasteiger partial charge in [0.1, 0.15) is 16.6 Å². The molecule has 0 fully saturated rings. The molecule has 0 spiro atoms. The number of aromatic nitrogens is 1. The number of carbonyl (C=O) groups excluding carboxylic acids is 1. The van der Waals surface area contributed by atoms with Crippen molar-refractivity contribution in [2.24, 2.45) is 0 Å². The zero-order chi connectivity index (χ0) is 19.2. The summed E-state index contributed by atoms with van der Waals surface area (Å²) in [6, 6.07) is 13.7. The molecule has 0 aliphatic rings. The van der Waals surface area contributed by atoms with Crippen LogP contribution in [-0.4, -0.2) is 18.0 Å². The van der Waals surface area contributed by atoms with Gasteiger partial charge in [-0.15, -0.1) is 11.3 Å². The number of carbonyl (C=O) groups is 1. The molecular weight excluding hydrogens is 363 g/mol. The number of nitrogens with one attached hydrogen (secondary N) is 1. The molecule has 1 N–H and O–H groups in total. The van der Waals surface area contributed by atoms with Gasteiger partial charge < -0.3 is 10.1 Å². The van der Waals surface area contributed by atoms with E-state index >= 15 is 0 Å². The van der Waals surface area contributed by atoms with E-state index in [2.05, 4.69) is 10.3 Å². The zero-order valence-electron chi connectivity index (χ0n) is 15.2. The maximum atomic E-state index is 13.0. The predicted molar refractivity (Wildman–Crippen MR) is 105 cm³/mol. The van der Waals surface area contributed by atoms with Crippen LogP contribution in [0.1, 0.15) is 30.0 Å². The normalized spacial score (nSPS) is 11.8. The molecule has 0 aliphatic carbocycles. The Kier molecular flexibility index (Phi) is 6.19. The number of halogens is 1. The molecule has 0 radical (unpaired) electrons. The highest BCUT2D eigenvalue weighted by atomic mass is 32.1. The summed E-state index contributed by atoms with van der Waals surface area (Å²) in [6.45, 7) is 2.02. The second kappa shape index (κ2) is 8.77. The Bertz CT molecular complexity index is 909. The van der Waals surface area contributed by atoms with E-state index in [1.54, 1.807) is 19.2 Å². The maximum Gasteiger partial charge on any atom is 0.227 e. The molecule has 1 aromatic heterocycles. The van der Waals surface area contributed by atoms with Gasteiger partial charge >= 0.3 is 0 Å². The number of ether oxygens (including phenoxy) is 1. The van der Waals surface area contributed by atoms with Gasteiger partial charge in [-0.05, 0) is 36.8 Å². The van der Waals surface area contributed by atoms with Crippen molar-refractivity contribution >= 4 is 17.2 Å². The third kappa shape index (κ3) is 4.71. The summed E-state index contributed by atoms with van der Waals surface area (Å²) in [7, 11) is 1.62. The van der Waals surface area contributed by atoms with Crippen molar-refractivity contribution in [2.45, 2.75) is 25.8 Å².